The number of hydrogen-bond acceptors (Lipinski definition) is 8. The van der Waals surface area contributed by atoms with Crippen molar-refractivity contribution in [2.75, 3.05) is 19.7 Å². The fourth-order valence-corrected chi connectivity index (χ4v) is 5.78. The van der Waals surface area contributed by atoms with Crippen LogP contribution in [-0.2, 0) is 27.3 Å². The lowest BCUT2D eigenvalue weighted by atomic mass is 10.1. The van der Waals surface area contributed by atoms with Crippen LogP contribution in [0.5, 0.6) is 5.75 Å². The van der Waals surface area contributed by atoms with E-state index in [1.54, 1.807) is 29.3 Å². The molecule has 0 spiro atoms. The van der Waals surface area contributed by atoms with Crippen molar-refractivity contribution in [3.05, 3.63) is 62.2 Å². The molecule has 0 N–H and O–H groups in total. The second kappa shape index (κ2) is 13.9. The normalized spacial score (nSPS) is 17.9. The van der Waals surface area contributed by atoms with Gasteiger partial charge in [0.05, 0.1) is 34.1 Å². The molecule has 2 aromatic heterocycles. The minimum absolute atomic E-state index is 0.0759. The van der Waals surface area contributed by atoms with Gasteiger partial charge in [-0.25, -0.2) is 9.38 Å². The molecule has 41 heavy (non-hydrogen) atoms. The molecule has 1 amide bonds. The second-order valence-electron chi connectivity index (χ2n) is 9.98. The smallest absolute Gasteiger partial charge is 0.302 e. The predicted molar refractivity (Wildman–Crippen MR) is 158 cm³/mol. The number of hydrogen-bond donors (Lipinski definition) is 0. The van der Waals surface area contributed by atoms with Crippen molar-refractivity contribution < 1.29 is 23.9 Å². The maximum Gasteiger partial charge on any atom is 0.302 e. The van der Waals surface area contributed by atoms with Crippen molar-refractivity contribution in [2.24, 2.45) is 0 Å². The molecule has 0 bridgehead atoms. The van der Waals surface area contributed by atoms with Gasteiger partial charge in [-0.15, -0.1) is 0 Å². The molecule has 3 heterocycles. The van der Waals surface area contributed by atoms with E-state index >= 15 is 0 Å². The number of amides is 1. The Morgan fingerprint density at radius 2 is 1.93 bits per heavy atom. The van der Waals surface area contributed by atoms with Gasteiger partial charge in [0, 0.05) is 25.5 Å². The Labute approximate surface area is 251 Å². The lowest BCUT2D eigenvalue weighted by Gasteiger charge is -2.35. The van der Waals surface area contributed by atoms with Crippen molar-refractivity contribution >= 4 is 58.1 Å². The molecule has 1 unspecified atom stereocenters. The van der Waals surface area contributed by atoms with E-state index in [-0.39, 0.29) is 54.9 Å². The highest BCUT2D eigenvalue weighted by Gasteiger charge is 2.28. The lowest BCUT2D eigenvalue weighted by molar-refractivity contribution is -0.143. The lowest BCUT2D eigenvalue weighted by Crippen LogP contribution is -2.49. The highest BCUT2D eigenvalue weighted by molar-refractivity contribution is 8.15. The summed E-state index contributed by atoms with van der Waals surface area (Å²) in [6.07, 6.45) is 5.25. The van der Waals surface area contributed by atoms with Crippen molar-refractivity contribution in [1.29, 1.82) is 0 Å². The number of thioether (sulfide) groups is 1. The summed E-state index contributed by atoms with van der Waals surface area (Å²) in [5.41, 5.74) is -0.0426. The van der Waals surface area contributed by atoms with Crippen LogP contribution < -0.4 is 10.3 Å². The summed E-state index contributed by atoms with van der Waals surface area (Å²) in [6, 6.07) is 4.99. The molecule has 1 aliphatic rings. The number of aromatic nitrogens is 3. The van der Waals surface area contributed by atoms with Crippen molar-refractivity contribution in [2.45, 2.75) is 64.0 Å². The molecule has 1 aromatic carbocycles. The molecule has 3 atom stereocenters. The van der Waals surface area contributed by atoms with Gasteiger partial charge in [0.25, 0.3) is 0 Å². The molecule has 4 rings (SSSR count). The summed E-state index contributed by atoms with van der Waals surface area (Å²) in [5.74, 6) is -0.225. The van der Waals surface area contributed by atoms with Gasteiger partial charge in [0.2, 0.25) is 22.5 Å². The number of halogens is 2. The molecule has 3 aromatic rings. The topological polar surface area (TPSA) is 112 Å². The summed E-state index contributed by atoms with van der Waals surface area (Å²) in [7, 11) is 0. The number of carbonyl (C=O) groups excluding carboxylic acids is 3. The van der Waals surface area contributed by atoms with Gasteiger partial charge in [-0.3, -0.25) is 14.4 Å². The molecule has 0 aliphatic carbocycles. The summed E-state index contributed by atoms with van der Waals surface area (Å²) in [5, 5.41) is -0.647. The van der Waals surface area contributed by atoms with E-state index in [4.69, 9.17) is 32.7 Å². The molecule has 220 valence electrons. The van der Waals surface area contributed by atoms with Crippen molar-refractivity contribution in [1.82, 2.24) is 18.9 Å². The predicted octanol–water partition coefficient (Wildman–Crippen LogP) is 4.30. The second-order valence-corrected chi connectivity index (χ2v) is 12.0. The Hall–Kier alpha value is -2.86. The number of morpholine rings is 1. The van der Waals surface area contributed by atoms with Crippen LogP contribution in [0.3, 0.4) is 0 Å². The number of unbranched alkanes of at least 4 members (excludes halogenated alkanes) is 1. The summed E-state index contributed by atoms with van der Waals surface area (Å²) in [6.45, 7) is 6.85. The number of fused-ring (bicyclic) bond motifs is 1. The molecule has 1 fully saturated rings. The molecule has 1 aliphatic heterocycles. The number of benzene rings is 1. The van der Waals surface area contributed by atoms with E-state index in [9.17, 15) is 19.2 Å². The van der Waals surface area contributed by atoms with Gasteiger partial charge in [0.15, 0.2) is 5.69 Å². The molecule has 0 radical (unpaired) electrons. The molecule has 10 nitrogen and oxygen atoms in total. The van der Waals surface area contributed by atoms with Crippen molar-refractivity contribution in [3.8, 4) is 5.75 Å². The van der Waals surface area contributed by atoms with Gasteiger partial charge in [-0.1, -0.05) is 54.4 Å². The summed E-state index contributed by atoms with van der Waals surface area (Å²) >= 11 is 12.8. The maximum absolute atomic E-state index is 13.5. The number of imidazole rings is 1. The SMILES string of the molecule is CCCCOc1c(C(=O)SC(C=O)Cc2ccc(Cl)c(Cl)c2)nc2n(CC(=O)N3C[C@H](C)O[C@@H](C)C3)ccn2c1=O. The van der Waals surface area contributed by atoms with E-state index in [2.05, 4.69) is 4.98 Å². The van der Waals surface area contributed by atoms with E-state index in [0.717, 1.165) is 23.7 Å². The largest absolute Gasteiger partial charge is 0.486 e. The number of ether oxygens (including phenoxy) is 2. The molecular weight excluding hydrogens is 591 g/mol. The maximum atomic E-state index is 13.5. The Morgan fingerprint density at radius 1 is 1.20 bits per heavy atom. The fourth-order valence-electron chi connectivity index (χ4n) is 4.60. The van der Waals surface area contributed by atoms with Gasteiger partial charge in [-0.2, -0.15) is 0 Å². The number of aldehydes is 1. The minimum Gasteiger partial charge on any atom is -0.486 e. The highest BCUT2D eigenvalue weighted by atomic mass is 35.5. The first kappa shape index (κ1) is 31.1. The van der Waals surface area contributed by atoms with Crippen molar-refractivity contribution in [3.63, 3.8) is 0 Å². The average Bonchev–Trinajstić information content (AvgIpc) is 3.33. The fraction of sp³-hybridized carbons (Fsp3) is 0.464. The van der Waals surface area contributed by atoms with E-state index in [0.29, 0.717) is 35.8 Å². The molecule has 1 saturated heterocycles. The van der Waals surface area contributed by atoms with Crippen LogP contribution in [0.2, 0.25) is 10.0 Å². The number of carbonyl (C=O) groups is 3. The molecular formula is C28H32Cl2N4O6S. The Kier molecular flexibility index (Phi) is 10.5. The zero-order valence-corrected chi connectivity index (χ0v) is 25.4. The Morgan fingerprint density at radius 3 is 2.59 bits per heavy atom. The van der Waals surface area contributed by atoms with Crippen LogP contribution in [0, 0.1) is 0 Å². The van der Waals surface area contributed by atoms with Gasteiger partial charge in [0.1, 0.15) is 12.8 Å². The minimum atomic E-state index is -0.776. The number of nitrogens with zero attached hydrogens (tertiary/aromatic N) is 4. The molecule has 0 saturated carbocycles. The number of rotatable bonds is 11. The third-order valence-electron chi connectivity index (χ3n) is 6.55. The zero-order valence-electron chi connectivity index (χ0n) is 23.0. The Balaban J connectivity index is 1.63. The van der Waals surface area contributed by atoms with Gasteiger partial charge >= 0.3 is 5.56 Å². The van der Waals surface area contributed by atoms with E-state index in [1.165, 1.54) is 15.2 Å². The highest BCUT2D eigenvalue weighted by Crippen LogP contribution is 2.27. The summed E-state index contributed by atoms with van der Waals surface area (Å²) < 4.78 is 14.3. The first-order valence-electron chi connectivity index (χ1n) is 13.4. The van der Waals surface area contributed by atoms with E-state index < -0.39 is 15.9 Å². The first-order chi connectivity index (χ1) is 19.6. The quantitative estimate of drug-likeness (QED) is 0.230. The molecule has 13 heteroatoms. The van der Waals surface area contributed by atoms with Crippen LogP contribution in [-0.4, -0.2) is 73.3 Å². The zero-order chi connectivity index (χ0) is 29.7. The first-order valence-corrected chi connectivity index (χ1v) is 15.0. The monoisotopic (exact) mass is 622 g/mol. The summed E-state index contributed by atoms with van der Waals surface area (Å²) in [4.78, 5) is 58.3. The van der Waals surface area contributed by atoms with Crippen LogP contribution in [0.15, 0.2) is 35.4 Å². The Bertz CT molecular complexity index is 1480. The third kappa shape index (κ3) is 7.51. The van der Waals surface area contributed by atoms with Crippen LogP contribution in [0.4, 0.5) is 0 Å². The van der Waals surface area contributed by atoms with Gasteiger partial charge in [-0.05, 0) is 44.4 Å². The van der Waals surface area contributed by atoms with Crippen LogP contribution >= 0.6 is 35.0 Å². The van der Waals surface area contributed by atoms with Gasteiger partial charge < -0.3 is 23.7 Å². The third-order valence-corrected chi connectivity index (χ3v) is 8.28. The average molecular weight is 624 g/mol. The van der Waals surface area contributed by atoms with E-state index in [1.807, 2.05) is 20.8 Å². The van der Waals surface area contributed by atoms with Crippen LogP contribution in [0.25, 0.3) is 5.78 Å². The van der Waals surface area contributed by atoms with Crippen LogP contribution in [0.1, 0.15) is 49.7 Å². The standard InChI is InChI=1S/C28H32Cl2N4O6S/c1-4-5-10-39-25-24(27(38)41-20(16-35)11-19-6-7-21(29)22(30)12-19)31-28-32(8-9-34(28)26(25)37)15-23(36)33-13-17(2)40-18(3)14-33/h6-9,12,16-18,20H,4-5,10-11,13-15H2,1-3H3/t17-,18-,20?/m0/s1.